The minimum atomic E-state index is -0.709. The Hall–Kier alpha value is -0.960. The summed E-state index contributed by atoms with van der Waals surface area (Å²) in [5, 5.41) is 3.20. The van der Waals surface area contributed by atoms with Crippen LogP contribution in [0.3, 0.4) is 0 Å². The normalized spacial score (nSPS) is 20.9. The van der Waals surface area contributed by atoms with Gasteiger partial charge in [0.2, 0.25) is 0 Å². The van der Waals surface area contributed by atoms with Gasteiger partial charge in [-0.15, -0.1) is 0 Å². The molecule has 1 aromatic rings. The lowest BCUT2D eigenvalue weighted by atomic mass is 9.70. The van der Waals surface area contributed by atoms with Crippen LogP contribution in [0.25, 0.3) is 0 Å². The molecule has 0 spiro atoms. The van der Waals surface area contributed by atoms with E-state index in [1.807, 2.05) is 7.05 Å². The summed E-state index contributed by atoms with van der Waals surface area (Å²) in [7, 11) is 1.83. The number of hydrogen-bond donors (Lipinski definition) is 1. The van der Waals surface area contributed by atoms with Crippen molar-refractivity contribution < 1.29 is 8.78 Å². The van der Waals surface area contributed by atoms with E-state index in [1.54, 1.807) is 19.1 Å². The van der Waals surface area contributed by atoms with E-state index in [9.17, 15) is 8.78 Å². The maximum absolute atomic E-state index is 14.2. The number of hydrogen-bond acceptors (Lipinski definition) is 1. The van der Waals surface area contributed by atoms with E-state index in [4.69, 9.17) is 0 Å². The van der Waals surface area contributed by atoms with Gasteiger partial charge in [0.1, 0.15) is 0 Å². The van der Waals surface area contributed by atoms with Gasteiger partial charge in [0.15, 0.2) is 11.6 Å². The van der Waals surface area contributed by atoms with Crippen LogP contribution in [0.5, 0.6) is 0 Å². The lowest BCUT2D eigenvalue weighted by Gasteiger charge is -2.38. The highest BCUT2D eigenvalue weighted by Crippen LogP contribution is 2.43. The summed E-state index contributed by atoms with van der Waals surface area (Å²) in [4.78, 5) is 0. The minimum absolute atomic E-state index is 0.0961. The topological polar surface area (TPSA) is 12.0 Å². The maximum Gasteiger partial charge on any atom is 0.163 e. The van der Waals surface area contributed by atoms with Crippen molar-refractivity contribution in [2.24, 2.45) is 11.3 Å². The van der Waals surface area contributed by atoms with Crippen molar-refractivity contribution in [1.29, 1.82) is 0 Å². The molecule has 1 nitrogen and oxygen atoms in total. The first-order chi connectivity index (χ1) is 9.35. The summed E-state index contributed by atoms with van der Waals surface area (Å²) in [5.74, 6) is -1.02. The fraction of sp³-hybridized carbons (Fsp3) is 0.647. The zero-order valence-electron chi connectivity index (χ0n) is 12.9. The molecule has 1 aliphatic rings. The molecule has 1 aliphatic carbocycles. The highest BCUT2D eigenvalue weighted by atomic mass is 19.2. The van der Waals surface area contributed by atoms with Crippen molar-refractivity contribution in [3.05, 3.63) is 34.9 Å². The SMILES string of the molecule is CNC(c1ccc(C)c(F)c1F)C1CCC(C)(C)CC1. The third-order valence-corrected chi connectivity index (χ3v) is 4.81. The third-order valence-electron chi connectivity index (χ3n) is 4.81. The van der Waals surface area contributed by atoms with Gasteiger partial charge in [-0.3, -0.25) is 0 Å². The molecule has 0 radical (unpaired) electrons. The Bertz CT molecular complexity index is 472. The van der Waals surface area contributed by atoms with Crippen LogP contribution in [0, 0.1) is 29.9 Å². The van der Waals surface area contributed by atoms with Crippen LogP contribution in [0.1, 0.15) is 56.7 Å². The van der Waals surface area contributed by atoms with Crippen molar-refractivity contribution in [3.8, 4) is 0 Å². The molecule has 112 valence electrons. The smallest absolute Gasteiger partial charge is 0.163 e. The van der Waals surface area contributed by atoms with E-state index in [-0.39, 0.29) is 6.04 Å². The number of benzene rings is 1. The van der Waals surface area contributed by atoms with Crippen molar-refractivity contribution in [3.63, 3.8) is 0 Å². The molecule has 1 fully saturated rings. The third kappa shape index (κ3) is 3.03. The van der Waals surface area contributed by atoms with E-state index < -0.39 is 11.6 Å². The fourth-order valence-electron chi connectivity index (χ4n) is 3.30. The van der Waals surface area contributed by atoms with E-state index in [0.29, 0.717) is 22.5 Å². The number of halogens is 2. The van der Waals surface area contributed by atoms with Crippen molar-refractivity contribution >= 4 is 0 Å². The summed E-state index contributed by atoms with van der Waals surface area (Å²) >= 11 is 0. The fourth-order valence-corrected chi connectivity index (χ4v) is 3.30. The Morgan fingerprint density at radius 3 is 2.30 bits per heavy atom. The number of aryl methyl sites for hydroxylation is 1. The largest absolute Gasteiger partial charge is 0.313 e. The van der Waals surface area contributed by atoms with E-state index in [1.165, 1.54) is 0 Å². The average Bonchev–Trinajstić information content (AvgIpc) is 2.41. The molecule has 0 aliphatic heterocycles. The second kappa shape index (κ2) is 5.80. The van der Waals surface area contributed by atoms with Crippen molar-refractivity contribution in [2.45, 2.75) is 52.5 Å². The molecule has 1 saturated carbocycles. The van der Waals surface area contributed by atoms with Crippen LogP contribution >= 0.6 is 0 Å². The Kier molecular flexibility index (Phi) is 4.48. The molecule has 0 bridgehead atoms. The highest BCUT2D eigenvalue weighted by molar-refractivity contribution is 5.28. The zero-order chi connectivity index (χ0) is 14.9. The van der Waals surface area contributed by atoms with E-state index in [2.05, 4.69) is 19.2 Å². The van der Waals surface area contributed by atoms with Gasteiger partial charge in [0.05, 0.1) is 0 Å². The predicted octanol–water partition coefficient (Wildman–Crippen LogP) is 4.75. The Balaban J connectivity index is 2.23. The number of nitrogens with one attached hydrogen (secondary N) is 1. The van der Waals surface area contributed by atoms with Crippen LogP contribution in [0.4, 0.5) is 8.78 Å². The monoisotopic (exact) mass is 281 g/mol. The molecular formula is C17H25F2N. The molecule has 0 heterocycles. The maximum atomic E-state index is 14.2. The second-order valence-electron chi connectivity index (χ2n) is 6.87. The molecule has 0 amide bonds. The van der Waals surface area contributed by atoms with Crippen LogP contribution in [-0.2, 0) is 0 Å². The first kappa shape index (κ1) is 15.4. The predicted molar refractivity (Wildman–Crippen MR) is 78.6 cm³/mol. The summed E-state index contributed by atoms with van der Waals surface area (Å²) in [6.07, 6.45) is 4.42. The first-order valence-electron chi connectivity index (χ1n) is 7.47. The molecule has 1 atom stereocenters. The molecule has 1 N–H and O–H groups in total. The molecule has 0 saturated heterocycles. The molecular weight excluding hydrogens is 256 g/mol. The van der Waals surface area contributed by atoms with E-state index in [0.717, 1.165) is 25.7 Å². The van der Waals surface area contributed by atoms with Gasteiger partial charge < -0.3 is 5.32 Å². The van der Waals surface area contributed by atoms with E-state index >= 15 is 0 Å². The minimum Gasteiger partial charge on any atom is -0.313 e. The quantitative estimate of drug-likeness (QED) is 0.843. The molecule has 1 unspecified atom stereocenters. The van der Waals surface area contributed by atoms with Gasteiger partial charge in [-0.25, -0.2) is 8.78 Å². The van der Waals surface area contributed by atoms with Gasteiger partial charge in [-0.1, -0.05) is 26.0 Å². The van der Waals surface area contributed by atoms with Crippen LogP contribution in [-0.4, -0.2) is 7.05 Å². The molecule has 2 rings (SSSR count). The second-order valence-corrected chi connectivity index (χ2v) is 6.87. The molecule has 0 aromatic heterocycles. The van der Waals surface area contributed by atoms with Crippen LogP contribution < -0.4 is 5.32 Å². The molecule has 3 heteroatoms. The summed E-state index contributed by atoms with van der Waals surface area (Å²) in [5.41, 5.74) is 1.22. The van der Waals surface area contributed by atoms with Gasteiger partial charge in [-0.05, 0) is 56.6 Å². The van der Waals surface area contributed by atoms with Crippen molar-refractivity contribution in [1.82, 2.24) is 5.32 Å². The lowest BCUT2D eigenvalue weighted by Crippen LogP contribution is -2.31. The van der Waals surface area contributed by atoms with Gasteiger partial charge in [0, 0.05) is 11.6 Å². The average molecular weight is 281 g/mol. The summed E-state index contributed by atoms with van der Waals surface area (Å²) in [6, 6.07) is 3.31. The lowest BCUT2D eigenvalue weighted by molar-refractivity contribution is 0.162. The Morgan fingerprint density at radius 1 is 1.15 bits per heavy atom. The first-order valence-corrected chi connectivity index (χ1v) is 7.47. The highest BCUT2D eigenvalue weighted by Gasteiger charge is 2.33. The molecule has 1 aromatic carbocycles. The zero-order valence-corrected chi connectivity index (χ0v) is 12.9. The van der Waals surface area contributed by atoms with Crippen LogP contribution in [0.2, 0.25) is 0 Å². The Morgan fingerprint density at radius 2 is 1.75 bits per heavy atom. The van der Waals surface area contributed by atoms with Crippen LogP contribution in [0.15, 0.2) is 12.1 Å². The van der Waals surface area contributed by atoms with Gasteiger partial charge in [-0.2, -0.15) is 0 Å². The number of rotatable bonds is 3. The van der Waals surface area contributed by atoms with Crippen molar-refractivity contribution in [2.75, 3.05) is 7.05 Å². The van der Waals surface area contributed by atoms with Gasteiger partial charge in [0.25, 0.3) is 0 Å². The standard InChI is InChI=1S/C17H25F2N/c1-11-5-6-13(15(19)14(11)18)16(20-4)12-7-9-17(2,3)10-8-12/h5-6,12,16,20H,7-10H2,1-4H3. The molecule has 20 heavy (non-hydrogen) atoms. The Labute approximate surface area is 120 Å². The summed E-state index contributed by atoms with van der Waals surface area (Å²) < 4.78 is 28.0. The van der Waals surface area contributed by atoms with Gasteiger partial charge >= 0.3 is 0 Å². The summed E-state index contributed by atoms with van der Waals surface area (Å²) in [6.45, 7) is 6.16.